The van der Waals surface area contributed by atoms with Gasteiger partial charge in [-0.15, -0.1) is 0 Å². The maximum Gasteiger partial charge on any atom is 0.0726 e. The van der Waals surface area contributed by atoms with Crippen molar-refractivity contribution in [2.75, 3.05) is 4.90 Å². The Balaban J connectivity index is 1.10. The van der Waals surface area contributed by atoms with Crippen LogP contribution in [0, 0.1) is 0 Å². The van der Waals surface area contributed by atoms with Crippen LogP contribution >= 0.6 is 0 Å². The lowest BCUT2D eigenvalue weighted by molar-refractivity contribution is 0.660. The third-order valence-electron chi connectivity index (χ3n) is 15.9. The van der Waals surface area contributed by atoms with Crippen LogP contribution in [0.2, 0.25) is 0 Å². The molecule has 0 aliphatic heterocycles. The van der Waals surface area contributed by atoms with E-state index in [-0.39, 0.29) is 5.41 Å². The molecule has 0 heterocycles. The average Bonchev–Trinajstić information content (AvgIpc) is 4.00. The Morgan fingerprint density at radius 1 is 0.239 bits per heavy atom. The van der Waals surface area contributed by atoms with Crippen LogP contribution in [0.25, 0.3) is 77.9 Å². The number of hydrogen-bond donors (Lipinski definition) is 0. The fraction of sp³-hybridized carbons (Fsp3) is 0.0571. The smallest absolute Gasteiger partial charge is 0.0726 e. The molecule has 14 rings (SSSR count). The standard InChI is InChI=1S/C70H49N/c1-69(2)58-35-16-11-29-52(58)55-44-43-48(45-63(55)69)50-28-15-20-40-64(50)71(65-41-21-34-51(47-25-7-4-8-26-47)67(65)56-32-10-9-27-49(56)46-23-5-3-6-24-46)66-42-22-39-62-68(66)57-33-14-19-38-61(57)70(62)59-36-17-12-30-53(59)54-31-13-18-37-60(54)70/h3-45H,1-2H3. The lowest BCUT2D eigenvalue weighted by Crippen LogP contribution is -2.26. The van der Waals surface area contributed by atoms with Crippen LogP contribution in [0.3, 0.4) is 0 Å². The first-order chi connectivity index (χ1) is 35.0. The first-order valence-electron chi connectivity index (χ1n) is 24.9. The van der Waals surface area contributed by atoms with Gasteiger partial charge in [0.05, 0.1) is 22.5 Å². The molecule has 0 aromatic heterocycles. The number of rotatable bonds is 7. The van der Waals surface area contributed by atoms with Crippen molar-refractivity contribution in [3.8, 4) is 77.9 Å². The maximum atomic E-state index is 2.62. The van der Waals surface area contributed by atoms with Crippen molar-refractivity contribution in [2.45, 2.75) is 24.7 Å². The van der Waals surface area contributed by atoms with E-state index in [0.29, 0.717) is 0 Å². The second kappa shape index (κ2) is 15.9. The number of para-hydroxylation sites is 1. The number of fused-ring (bicyclic) bond motifs is 13. The fourth-order valence-corrected chi connectivity index (χ4v) is 12.9. The van der Waals surface area contributed by atoms with Crippen molar-refractivity contribution in [1.82, 2.24) is 0 Å². The summed E-state index contributed by atoms with van der Waals surface area (Å²) in [6, 6.07) is 97.5. The second-order valence-electron chi connectivity index (χ2n) is 19.8. The largest absolute Gasteiger partial charge is 0.309 e. The molecule has 1 heteroatoms. The van der Waals surface area contributed by atoms with Crippen molar-refractivity contribution < 1.29 is 0 Å². The fourth-order valence-electron chi connectivity index (χ4n) is 12.9. The van der Waals surface area contributed by atoms with Crippen LogP contribution < -0.4 is 4.90 Å². The molecule has 1 spiro atoms. The van der Waals surface area contributed by atoms with Crippen molar-refractivity contribution in [3.05, 3.63) is 294 Å². The van der Waals surface area contributed by atoms with Gasteiger partial charge in [-0.1, -0.05) is 250 Å². The molecular weight excluding hydrogens is 855 g/mol. The van der Waals surface area contributed by atoms with E-state index in [1.54, 1.807) is 0 Å². The third kappa shape index (κ3) is 5.93. The Morgan fingerprint density at radius 3 is 1.30 bits per heavy atom. The van der Waals surface area contributed by atoms with Crippen LogP contribution in [0.15, 0.2) is 261 Å². The Hall–Kier alpha value is -8.78. The first kappa shape index (κ1) is 41.2. The van der Waals surface area contributed by atoms with Gasteiger partial charge in [0.2, 0.25) is 0 Å². The summed E-state index contributed by atoms with van der Waals surface area (Å²) in [7, 11) is 0. The summed E-state index contributed by atoms with van der Waals surface area (Å²) in [5.41, 5.74) is 27.9. The number of anilines is 3. The van der Waals surface area contributed by atoms with Gasteiger partial charge in [0.15, 0.2) is 0 Å². The van der Waals surface area contributed by atoms with E-state index in [1.165, 1.54) is 111 Å². The summed E-state index contributed by atoms with van der Waals surface area (Å²) in [4.78, 5) is 2.62. The van der Waals surface area contributed by atoms with Gasteiger partial charge in [0.25, 0.3) is 0 Å². The van der Waals surface area contributed by atoms with Gasteiger partial charge >= 0.3 is 0 Å². The molecule has 0 radical (unpaired) electrons. The normalized spacial score (nSPS) is 13.7. The topological polar surface area (TPSA) is 3.24 Å². The van der Waals surface area contributed by atoms with Gasteiger partial charge in [0.1, 0.15) is 0 Å². The Morgan fingerprint density at radius 2 is 0.648 bits per heavy atom. The first-order valence-corrected chi connectivity index (χ1v) is 24.9. The zero-order valence-corrected chi connectivity index (χ0v) is 39.8. The van der Waals surface area contributed by atoms with E-state index in [4.69, 9.17) is 0 Å². The van der Waals surface area contributed by atoms with Gasteiger partial charge in [-0.05, 0) is 119 Å². The minimum absolute atomic E-state index is 0.152. The van der Waals surface area contributed by atoms with Crippen LogP contribution in [-0.2, 0) is 10.8 Å². The summed E-state index contributed by atoms with van der Waals surface area (Å²) in [6.45, 7) is 4.76. The molecule has 11 aromatic carbocycles. The molecule has 3 aliphatic carbocycles. The van der Waals surface area contributed by atoms with Gasteiger partial charge in [0, 0.05) is 22.1 Å². The molecule has 71 heavy (non-hydrogen) atoms. The van der Waals surface area contributed by atoms with E-state index >= 15 is 0 Å². The van der Waals surface area contributed by atoms with Crippen molar-refractivity contribution in [1.29, 1.82) is 0 Å². The molecule has 0 saturated carbocycles. The Labute approximate surface area is 416 Å². The second-order valence-corrected chi connectivity index (χ2v) is 19.8. The summed E-state index contributed by atoms with van der Waals surface area (Å²) < 4.78 is 0. The highest BCUT2D eigenvalue weighted by molar-refractivity contribution is 6.07. The highest BCUT2D eigenvalue weighted by Crippen LogP contribution is 2.65. The SMILES string of the molecule is CC1(C)c2ccccc2-c2ccc(-c3ccccc3N(c3cccc(-c4ccccc4)c3-c3ccccc3-c3ccccc3)c3cccc4c3-c3ccccc3C43c4ccccc4-c4ccccc43)cc21. The summed E-state index contributed by atoms with van der Waals surface area (Å²) in [6.07, 6.45) is 0. The van der Waals surface area contributed by atoms with Crippen LogP contribution in [0.4, 0.5) is 17.1 Å². The van der Waals surface area contributed by atoms with E-state index in [1.807, 2.05) is 0 Å². The molecule has 3 aliphatic rings. The summed E-state index contributed by atoms with van der Waals surface area (Å²) in [5.74, 6) is 0. The predicted octanol–water partition coefficient (Wildman–Crippen LogP) is 18.5. The van der Waals surface area contributed by atoms with Crippen LogP contribution in [-0.4, -0.2) is 0 Å². The number of benzene rings is 11. The lowest BCUT2D eigenvalue weighted by Gasteiger charge is -2.34. The highest BCUT2D eigenvalue weighted by Gasteiger charge is 2.52. The minimum Gasteiger partial charge on any atom is -0.309 e. The third-order valence-corrected chi connectivity index (χ3v) is 15.9. The van der Waals surface area contributed by atoms with Gasteiger partial charge < -0.3 is 4.90 Å². The Kier molecular flexibility index (Phi) is 9.22. The van der Waals surface area contributed by atoms with E-state index in [9.17, 15) is 0 Å². The van der Waals surface area contributed by atoms with Gasteiger partial charge in [-0.25, -0.2) is 0 Å². The van der Waals surface area contributed by atoms with Gasteiger partial charge in [-0.2, -0.15) is 0 Å². The molecule has 1 nitrogen and oxygen atoms in total. The zero-order chi connectivity index (χ0) is 47.3. The molecule has 0 N–H and O–H groups in total. The van der Waals surface area contributed by atoms with E-state index < -0.39 is 5.41 Å². The number of nitrogens with zero attached hydrogens (tertiary/aromatic N) is 1. The molecule has 0 saturated heterocycles. The average molecular weight is 904 g/mol. The van der Waals surface area contributed by atoms with Crippen LogP contribution in [0.5, 0.6) is 0 Å². The molecule has 0 bridgehead atoms. The monoisotopic (exact) mass is 903 g/mol. The lowest BCUT2D eigenvalue weighted by atomic mass is 9.70. The van der Waals surface area contributed by atoms with Crippen molar-refractivity contribution in [2.24, 2.45) is 0 Å². The highest BCUT2D eigenvalue weighted by atomic mass is 15.2. The quantitative estimate of drug-likeness (QED) is 0.154. The van der Waals surface area contributed by atoms with Crippen molar-refractivity contribution >= 4 is 17.1 Å². The Bertz CT molecular complexity index is 3870. The minimum atomic E-state index is -0.504. The van der Waals surface area contributed by atoms with E-state index in [2.05, 4.69) is 280 Å². The molecule has 334 valence electrons. The molecule has 11 aromatic rings. The van der Waals surface area contributed by atoms with Crippen molar-refractivity contribution in [3.63, 3.8) is 0 Å². The predicted molar refractivity (Wildman–Crippen MR) is 297 cm³/mol. The zero-order valence-electron chi connectivity index (χ0n) is 39.8. The molecule has 0 unspecified atom stereocenters. The molecule has 0 amide bonds. The van der Waals surface area contributed by atoms with Gasteiger partial charge in [-0.3, -0.25) is 0 Å². The molecule has 0 atom stereocenters. The molecule has 0 fully saturated rings. The van der Waals surface area contributed by atoms with E-state index in [0.717, 1.165) is 17.1 Å². The molecular formula is C70H49N. The van der Waals surface area contributed by atoms with Crippen LogP contribution in [0.1, 0.15) is 47.2 Å². The maximum absolute atomic E-state index is 2.62. The summed E-state index contributed by atoms with van der Waals surface area (Å²) in [5, 5.41) is 0. The summed E-state index contributed by atoms with van der Waals surface area (Å²) >= 11 is 0. The number of hydrogen-bond acceptors (Lipinski definition) is 1.